The van der Waals surface area contributed by atoms with Crippen LogP contribution in [0.2, 0.25) is 0 Å². The highest BCUT2D eigenvalue weighted by molar-refractivity contribution is 6.35. The van der Waals surface area contributed by atoms with Crippen LogP contribution >= 0.6 is 0 Å². The van der Waals surface area contributed by atoms with Crippen LogP contribution in [-0.4, -0.2) is 82.9 Å². The molecule has 0 radical (unpaired) electrons. The van der Waals surface area contributed by atoms with Crippen LogP contribution in [0.15, 0.2) is 22.8 Å². The summed E-state index contributed by atoms with van der Waals surface area (Å²) in [6, 6.07) is 3.21. The first-order chi connectivity index (χ1) is 12.6. The van der Waals surface area contributed by atoms with Crippen molar-refractivity contribution in [2.45, 2.75) is 31.7 Å². The lowest BCUT2D eigenvalue weighted by Gasteiger charge is -2.38. The van der Waals surface area contributed by atoms with Gasteiger partial charge in [-0.05, 0) is 37.8 Å². The Kier molecular flexibility index (Phi) is 5.92. The van der Waals surface area contributed by atoms with Gasteiger partial charge in [-0.25, -0.2) is 0 Å². The molecule has 1 aromatic heterocycles. The quantitative estimate of drug-likeness (QED) is 0.781. The van der Waals surface area contributed by atoms with Gasteiger partial charge in [0, 0.05) is 45.4 Å². The van der Waals surface area contributed by atoms with E-state index in [1.807, 2.05) is 0 Å². The predicted molar refractivity (Wildman–Crippen MR) is 92.2 cm³/mol. The topological polar surface area (TPSA) is 94.3 Å². The van der Waals surface area contributed by atoms with Crippen molar-refractivity contribution in [3.8, 4) is 0 Å². The van der Waals surface area contributed by atoms with Crippen LogP contribution in [0.4, 0.5) is 0 Å². The molecule has 0 bridgehead atoms. The molecule has 1 aromatic rings. The summed E-state index contributed by atoms with van der Waals surface area (Å²) in [5.74, 6) is -0.928. The number of carbonyl (C=O) groups is 3. The van der Waals surface area contributed by atoms with Gasteiger partial charge >= 0.3 is 11.8 Å². The Morgan fingerprint density at radius 3 is 2.42 bits per heavy atom. The molecule has 2 saturated heterocycles. The Balaban J connectivity index is 1.55. The van der Waals surface area contributed by atoms with E-state index in [0.717, 1.165) is 19.3 Å². The first kappa shape index (κ1) is 18.4. The van der Waals surface area contributed by atoms with Crippen LogP contribution in [0.5, 0.6) is 0 Å². The van der Waals surface area contributed by atoms with Crippen molar-refractivity contribution in [1.82, 2.24) is 14.7 Å². The highest BCUT2D eigenvalue weighted by Gasteiger charge is 2.35. The highest BCUT2D eigenvalue weighted by atomic mass is 16.3. The highest BCUT2D eigenvalue weighted by Crippen LogP contribution is 2.20. The Labute approximate surface area is 152 Å². The lowest BCUT2D eigenvalue weighted by Crippen LogP contribution is -2.56. The third-order valence-electron chi connectivity index (χ3n) is 5.12. The summed E-state index contributed by atoms with van der Waals surface area (Å²) in [7, 11) is 0. The van der Waals surface area contributed by atoms with E-state index in [-0.39, 0.29) is 24.3 Å². The average molecular weight is 363 g/mol. The molecule has 0 aromatic carbocycles. The molecular weight excluding hydrogens is 338 g/mol. The summed E-state index contributed by atoms with van der Waals surface area (Å²) in [6.45, 7) is 1.98. The van der Waals surface area contributed by atoms with Crippen LogP contribution < -0.4 is 0 Å². The Hall–Kier alpha value is -2.35. The second kappa shape index (κ2) is 8.35. The minimum atomic E-state index is -0.514. The van der Waals surface area contributed by atoms with Crippen molar-refractivity contribution < 1.29 is 23.9 Å². The SMILES string of the molecule is O=C(C(=O)N1CCCCC1CCO)N1CCN(C(=O)c2ccco2)CC1. The molecule has 3 amide bonds. The van der Waals surface area contributed by atoms with Crippen molar-refractivity contribution in [3.63, 3.8) is 0 Å². The van der Waals surface area contributed by atoms with E-state index in [1.54, 1.807) is 21.9 Å². The second-order valence-corrected chi connectivity index (χ2v) is 6.72. The molecule has 2 fully saturated rings. The zero-order valence-electron chi connectivity index (χ0n) is 14.8. The number of amides is 3. The largest absolute Gasteiger partial charge is 0.459 e. The van der Waals surface area contributed by atoms with Gasteiger partial charge in [0.2, 0.25) is 0 Å². The molecule has 142 valence electrons. The summed E-state index contributed by atoms with van der Waals surface area (Å²) in [5, 5.41) is 9.19. The molecule has 8 heteroatoms. The maximum Gasteiger partial charge on any atom is 0.312 e. The zero-order valence-corrected chi connectivity index (χ0v) is 14.8. The van der Waals surface area contributed by atoms with Crippen molar-refractivity contribution in [1.29, 1.82) is 0 Å². The molecular formula is C18H25N3O5. The molecule has 1 atom stereocenters. The van der Waals surface area contributed by atoms with Crippen LogP contribution in [0.25, 0.3) is 0 Å². The fourth-order valence-corrected chi connectivity index (χ4v) is 3.64. The van der Waals surface area contributed by atoms with Gasteiger partial charge in [0.1, 0.15) is 0 Å². The first-order valence-corrected chi connectivity index (χ1v) is 9.15. The Morgan fingerprint density at radius 2 is 1.77 bits per heavy atom. The molecule has 3 heterocycles. The number of carbonyl (C=O) groups excluding carboxylic acids is 3. The maximum absolute atomic E-state index is 12.6. The molecule has 0 spiro atoms. The number of aliphatic hydroxyl groups is 1. The van der Waals surface area contributed by atoms with Gasteiger partial charge < -0.3 is 24.2 Å². The molecule has 2 aliphatic rings. The van der Waals surface area contributed by atoms with E-state index in [1.165, 1.54) is 11.2 Å². The van der Waals surface area contributed by atoms with Gasteiger partial charge in [-0.2, -0.15) is 0 Å². The molecule has 1 unspecified atom stereocenters. The Bertz CT molecular complexity index is 635. The van der Waals surface area contributed by atoms with E-state index < -0.39 is 11.8 Å². The van der Waals surface area contributed by atoms with Gasteiger partial charge in [0.15, 0.2) is 5.76 Å². The first-order valence-electron chi connectivity index (χ1n) is 9.15. The van der Waals surface area contributed by atoms with E-state index in [9.17, 15) is 19.5 Å². The van der Waals surface area contributed by atoms with Gasteiger partial charge in [-0.3, -0.25) is 14.4 Å². The number of piperazine rings is 1. The summed E-state index contributed by atoms with van der Waals surface area (Å²) in [4.78, 5) is 42.3. The number of likely N-dealkylation sites (tertiary alicyclic amines) is 1. The lowest BCUT2D eigenvalue weighted by molar-refractivity contribution is -0.155. The van der Waals surface area contributed by atoms with Gasteiger partial charge in [-0.15, -0.1) is 0 Å². The van der Waals surface area contributed by atoms with Gasteiger partial charge in [0.05, 0.1) is 6.26 Å². The summed E-state index contributed by atoms with van der Waals surface area (Å²) in [6.07, 6.45) is 4.67. The number of piperidine rings is 1. The minimum absolute atomic E-state index is 0.0101. The van der Waals surface area contributed by atoms with Crippen molar-refractivity contribution in [2.24, 2.45) is 0 Å². The lowest BCUT2D eigenvalue weighted by atomic mass is 9.99. The van der Waals surface area contributed by atoms with E-state index in [4.69, 9.17) is 4.42 Å². The molecule has 2 aliphatic heterocycles. The number of furan rings is 1. The summed E-state index contributed by atoms with van der Waals surface area (Å²) < 4.78 is 5.12. The van der Waals surface area contributed by atoms with Crippen LogP contribution in [-0.2, 0) is 9.59 Å². The fraction of sp³-hybridized carbons (Fsp3) is 0.611. The van der Waals surface area contributed by atoms with E-state index in [2.05, 4.69) is 0 Å². The predicted octanol–water partition coefficient (Wildman–Crippen LogP) is 0.328. The smallest absolute Gasteiger partial charge is 0.312 e. The number of nitrogens with zero attached hydrogens (tertiary/aromatic N) is 3. The zero-order chi connectivity index (χ0) is 18.5. The van der Waals surface area contributed by atoms with Crippen molar-refractivity contribution in [3.05, 3.63) is 24.2 Å². The van der Waals surface area contributed by atoms with Gasteiger partial charge in [0.25, 0.3) is 5.91 Å². The Morgan fingerprint density at radius 1 is 1.04 bits per heavy atom. The minimum Gasteiger partial charge on any atom is -0.459 e. The standard InChI is InChI=1S/C18H25N3O5/c22-12-6-14-4-1-2-7-21(14)18(25)17(24)20-10-8-19(9-11-20)16(23)15-5-3-13-26-15/h3,5,13-14,22H,1-2,4,6-12H2. The third kappa shape index (κ3) is 3.90. The van der Waals surface area contributed by atoms with Crippen molar-refractivity contribution in [2.75, 3.05) is 39.3 Å². The van der Waals surface area contributed by atoms with Gasteiger partial charge in [-0.1, -0.05) is 0 Å². The van der Waals surface area contributed by atoms with Crippen molar-refractivity contribution >= 4 is 17.7 Å². The number of hydrogen-bond acceptors (Lipinski definition) is 5. The molecule has 8 nitrogen and oxygen atoms in total. The van der Waals surface area contributed by atoms with Crippen LogP contribution in [0.1, 0.15) is 36.2 Å². The van der Waals surface area contributed by atoms with Crippen LogP contribution in [0, 0.1) is 0 Å². The molecule has 26 heavy (non-hydrogen) atoms. The summed E-state index contributed by atoms with van der Waals surface area (Å²) >= 11 is 0. The molecule has 0 aliphatic carbocycles. The maximum atomic E-state index is 12.6. The number of rotatable bonds is 3. The third-order valence-corrected chi connectivity index (χ3v) is 5.12. The second-order valence-electron chi connectivity index (χ2n) is 6.72. The van der Waals surface area contributed by atoms with E-state index >= 15 is 0 Å². The molecule has 3 rings (SSSR count). The summed E-state index contributed by atoms with van der Waals surface area (Å²) in [5.41, 5.74) is 0. The molecule has 0 saturated carbocycles. The monoisotopic (exact) mass is 363 g/mol. The van der Waals surface area contributed by atoms with E-state index in [0.29, 0.717) is 39.1 Å². The normalized spacial score (nSPS) is 21.0. The van der Waals surface area contributed by atoms with Crippen LogP contribution in [0.3, 0.4) is 0 Å². The fourth-order valence-electron chi connectivity index (χ4n) is 3.64. The number of aliphatic hydroxyl groups excluding tert-OH is 1. The number of hydrogen-bond donors (Lipinski definition) is 1. The molecule has 1 N–H and O–H groups in total. The average Bonchev–Trinajstić information content (AvgIpc) is 3.22.